The number of aromatic nitrogens is 1. The zero-order valence-electron chi connectivity index (χ0n) is 24.1. The topological polar surface area (TPSA) is 133 Å². The van der Waals surface area contributed by atoms with E-state index in [1.165, 1.54) is 7.11 Å². The largest absolute Gasteiger partial charge is 0.496 e. The second-order valence-electron chi connectivity index (χ2n) is 11.4. The average Bonchev–Trinajstić information content (AvgIpc) is 3.21. The number of carbonyl (C=O) groups excluding carboxylic acids is 3. The van der Waals surface area contributed by atoms with E-state index in [-0.39, 0.29) is 35.8 Å². The maximum absolute atomic E-state index is 14.3. The van der Waals surface area contributed by atoms with Gasteiger partial charge in [0.15, 0.2) is 6.17 Å². The summed E-state index contributed by atoms with van der Waals surface area (Å²) < 4.78 is 31.1. The monoisotopic (exact) mass is 568 g/mol. The van der Waals surface area contributed by atoms with Gasteiger partial charge in [0.2, 0.25) is 5.88 Å². The van der Waals surface area contributed by atoms with Crippen LogP contribution in [0.5, 0.6) is 11.6 Å². The number of carbonyl (C=O) groups is 3. The van der Waals surface area contributed by atoms with Crippen LogP contribution in [0.2, 0.25) is 0 Å². The molecule has 41 heavy (non-hydrogen) atoms. The minimum absolute atomic E-state index is 0.0217. The molecule has 0 aliphatic carbocycles. The first kappa shape index (κ1) is 29.9. The summed E-state index contributed by atoms with van der Waals surface area (Å²) in [6.07, 6.45) is 1.52. The number of hydrogen-bond donors (Lipinski definition) is 2. The van der Waals surface area contributed by atoms with Gasteiger partial charge in [0.25, 0.3) is 11.8 Å². The van der Waals surface area contributed by atoms with E-state index in [0.29, 0.717) is 48.7 Å². The van der Waals surface area contributed by atoms with Crippen molar-refractivity contribution in [2.45, 2.75) is 64.8 Å². The fourth-order valence-corrected chi connectivity index (χ4v) is 5.12. The molecule has 11 heteroatoms. The highest BCUT2D eigenvalue weighted by Crippen LogP contribution is 2.34. The molecule has 2 aromatic rings. The van der Waals surface area contributed by atoms with Crippen LogP contribution in [-0.4, -0.2) is 72.4 Å². The lowest BCUT2D eigenvalue weighted by molar-refractivity contribution is -0.123. The second kappa shape index (κ2) is 12.2. The molecule has 1 aromatic heterocycles. The smallest absolute Gasteiger partial charge is 0.410 e. The van der Waals surface area contributed by atoms with E-state index < -0.39 is 35.5 Å². The molecule has 0 bridgehead atoms. The molecule has 220 valence electrons. The lowest BCUT2D eigenvalue weighted by Crippen LogP contribution is -2.41. The molecule has 3 amide bonds. The SMILES string of the molecule is CC[C@@H]1[C@H](F)C(=O)N[C@@H]1COc1ncc(C#CC2CCN(C(=O)OC(C)(C)C)CC2)c2cc(C(N)=O)c(OC)cc12. The van der Waals surface area contributed by atoms with E-state index in [9.17, 15) is 18.8 Å². The fraction of sp³-hybridized carbons (Fsp3) is 0.533. The number of piperidine rings is 1. The second-order valence-corrected chi connectivity index (χ2v) is 11.4. The van der Waals surface area contributed by atoms with E-state index >= 15 is 0 Å². The van der Waals surface area contributed by atoms with E-state index in [2.05, 4.69) is 22.1 Å². The number of pyridine rings is 1. The Hall–Kier alpha value is -4.07. The summed E-state index contributed by atoms with van der Waals surface area (Å²) in [6.45, 7) is 8.44. The summed E-state index contributed by atoms with van der Waals surface area (Å²) in [6, 6.07) is 2.71. The van der Waals surface area contributed by atoms with Gasteiger partial charge in [-0.25, -0.2) is 14.2 Å². The van der Waals surface area contributed by atoms with Gasteiger partial charge in [0.05, 0.1) is 24.3 Å². The van der Waals surface area contributed by atoms with Crippen LogP contribution in [0.25, 0.3) is 10.8 Å². The number of methoxy groups -OCH3 is 1. The number of nitrogens with zero attached hydrogens (tertiary/aromatic N) is 2. The normalized spacial score (nSPS) is 21.2. The van der Waals surface area contributed by atoms with Crippen LogP contribution in [0.15, 0.2) is 18.3 Å². The van der Waals surface area contributed by atoms with E-state index in [4.69, 9.17) is 19.9 Å². The summed E-state index contributed by atoms with van der Waals surface area (Å²) in [7, 11) is 1.43. The number of rotatable bonds is 6. The van der Waals surface area contributed by atoms with Crippen LogP contribution < -0.4 is 20.5 Å². The number of nitrogens with two attached hydrogens (primary N) is 1. The lowest BCUT2D eigenvalue weighted by Gasteiger charge is -2.31. The van der Waals surface area contributed by atoms with Crippen molar-refractivity contribution in [2.75, 3.05) is 26.8 Å². The lowest BCUT2D eigenvalue weighted by atomic mass is 9.96. The number of hydrogen-bond acceptors (Lipinski definition) is 7. The van der Waals surface area contributed by atoms with Crippen molar-refractivity contribution in [2.24, 2.45) is 17.6 Å². The Bertz CT molecular complexity index is 1390. The van der Waals surface area contributed by atoms with Crippen LogP contribution in [0, 0.1) is 23.7 Å². The quantitative estimate of drug-likeness (QED) is 0.509. The zero-order chi connectivity index (χ0) is 29.9. The van der Waals surface area contributed by atoms with Gasteiger partial charge in [-0.05, 0) is 52.2 Å². The highest BCUT2D eigenvalue weighted by molar-refractivity contribution is 6.03. The number of likely N-dealkylation sites (tertiary alicyclic amines) is 1. The van der Waals surface area contributed by atoms with Crippen molar-refractivity contribution in [1.82, 2.24) is 15.2 Å². The highest BCUT2D eigenvalue weighted by Gasteiger charge is 2.41. The van der Waals surface area contributed by atoms with Gasteiger partial charge in [0.1, 0.15) is 18.0 Å². The van der Waals surface area contributed by atoms with Crippen LogP contribution in [0.4, 0.5) is 9.18 Å². The summed E-state index contributed by atoms with van der Waals surface area (Å²) >= 11 is 0. The molecular weight excluding hydrogens is 531 g/mol. The van der Waals surface area contributed by atoms with Gasteiger partial charge in [-0.1, -0.05) is 18.8 Å². The molecule has 10 nitrogen and oxygen atoms in total. The number of amides is 3. The molecule has 2 aliphatic rings. The summed E-state index contributed by atoms with van der Waals surface area (Å²) in [5.74, 6) is 5.21. The van der Waals surface area contributed by atoms with Crippen LogP contribution in [-0.2, 0) is 9.53 Å². The Balaban J connectivity index is 1.58. The molecule has 2 saturated heterocycles. The first-order chi connectivity index (χ1) is 19.4. The van der Waals surface area contributed by atoms with Crippen molar-refractivity contribution in [3.05, 3.63) is 29.5 Å². The first-order valence-electron chi connectivity index (χ1n) is 13.8. The van der Waals surface area contributed by atoms with E-state index in [1.807, 2.05) is 27.7 Å². The third-order valence-electron chi connectivity index (χ3n) is 7.34. The van der Waals surface area contributed by atoms with Gasteiger partial charge in [-0.3, -0.25) is 9.59 Å². The molecule has 0 spiro atoms. The van der Waals surface area contributed by atoms with Crippen molar-refractivity contribution < 1.29 is 33.0 Å². The zero-order valence-corrected chi connectivity index (χ0v) is 24.1. The predicted octanol–water partition coefficient (Wildman–Crippen LogP) is 3.58. The molecular formula is C30H37FN4O6. The number of primary amides is 1. The van der Waals surface area contributed by atoms with Crippen molar-refractivity contribution >= 4 is 28.7 Å². The van der Waals surface area contributed by atoms with E-state index in [1.54, 1.807) is 23.2 Å². The van der Waals surface area contributed by atoms with Crippen LogP contribution in [0.1, 0.15) is 62.9 Å². The minimum Gasteiger partial charge on any atom is -0.496 e. The van der Waals surface area contributed by atoms with Gasteiger partial charge < -0.3 is 30.2 Å². The van der Waals surface area contributed by atoms with Gasteiger partial charge in [-0.2, -0.15) is 0 Å². The molecule has 0 saturated carbocycles. The third-order valence-corrected chi connectivity index (χ3v) is 7.34. The Morgan fingerprint density at radius 2 is 1.93 bits per heavy atom. The fourth-order valence-electron chi connectivity index (χ4n) is 5.12. The van der Waals surface area contributed by atoms with Crippen molar-refractivity contribution in [3.63, 3.8) is 0 Å². The van der Waals surface area contributed by atoms with Gasteiger partial charge in [-0.15, -0.1) is 0 Å². The number of nitrogens with one attached hydrogen (secondary N) is 1. The maximum Gasteiger partial charge on any atom is 0.410 e. The number of benzene rings is 1. The first-order valence-corrected chi connectivity index (χ1v) is 13.8. The Labute approximate surface area is 239 Å². The number of ether oxygens (including phenoxy) is 3. The third kappa shape index (κ3) is 6.81. The van der Waals surface area contributed by atoms with E-state index in [0.717, 1.165) is 0 Å². The van der Waals surface area contributed by atoms with Crippen LogP contribution in [0.3, 0.4) is 0 Å². The van der Waals surface area contributed by atoms with Crippen molar-refractivity contribution in [3.8, 4) is 23.5 Å². The standard InChI is InChI=1S/C30H37FN4O6/c1-6-19-23(34-27(37)25(19)31)16-40-28-21-14-24(39-5)22(26(32)36)13-20(21)18(15-33-28)8-7-17-9-11-35(12-10-17)29(38)41-30(2,3)4/h13-15,17,19,23,25H,6,9-12,16H2,1-5H3,(H2,32,36)(H,34,37)/t19-,23+,25-/m0/s1. The summed E-state index contributed by atoms with van der Waals surface area (Å²) in [5.41, 5.74) is 5.81. The number of halogens is 1. The molecule has 4 rings (SSSR count). The Morgan fingerprint density at radius 3 is 2.54 bits per heavy atom. The average molecular weight is 569 g/mol. The predicted molar refractivity (Wildman–Crippen MR) is 150 cm³/mol. The Kier molecular flexibility index (Phi) is 8.90. The molecule has 3 heterocycles. The van der Waals surface area contributed by atoms with Crippen molar-refractivity contribution in [1.29, 1.82) is 0 Å². The molecule has 0 radical (unpaired) electrons. The number of alkyl halides is 1. The maximum atomic E-state index is 14.3. The highest BCUT2D eigenvalue weighted by atomic mass is 19.1. The molecule has 3 atom stereocenters. The minimum atomic E-state index is -1.58. The van der Waals surface area contributed by atoms with Gasteiger partial charge in [0, 0.05) is 41.9 Å². The van der Waals surface area contributed by atoms with Gasteiger partial charge >= 0.3 is 6.09 Å². The Morgan fingerprint density at radius 1 is 1.22 bits per heavy atom. The van der Waals surface area contributed by atoms with Crippen LogP contribution >= 0.6 is 0 Å². The molecule has 3 N–H and O–H groups in total. The molecule has 0 unspecified atom stereocenters. The summed E-state index contributed by atoms with van der Waals surface area (Å²) in [5, 5.41) is 3.78. The molecule has 1 aromatic carbocycles. The summed E-state index contributed by atoms with van der Waals surface area (Å²) in [4.78, 5) is 42.6. The molecule has 2 fully saturated rings. The molecule has 2 aliphatic heterocycles. The number of fused-ring (bicyclic) bond motifs is 1.